The van der Waals surface area contributed by atoms with E-state index < -0.39 is 0 Å². The number of aryl methyl sites for hydroxylation is 1. The van der Waals surface area contributed by atoms with Gasteiger partial charge in [0, 0.05) is 30.4 Å². The molecule has 3 aromatic rings. The zero-order valence-electron chi connectivity index (χ0n) is 17.0. The first-order valence-electron chi connectivity index (χ1n) is 10.0. The van der Waals surface area contributed by atoms with Crippen molar-refractivity contribution in [2.75, 3.05) is 23.7 Å². The Morgan fingerprint density at radius 2 is 1.71 bits per heavy atom. The summed E-state index contributed by atoms with van der Waals surface area (Å²) in [7, 11) is 0. The van der Waals surface area contributed by atoms with Crippen molar-refractivity contribution in [3.05, 3.63) is 69.9 Å². The lowest BCUT2D eigenvalue weighted by Gasteiger charge is -2.31. The van der Waals surface area contributed by atoms with Crippen LogP contribution in [0, 0.1) is 12.7 Å². The fourth-order valence-electron chi connectivity index (χ4n) is 3.41. The van der Waals surface area contributed by atoms with E-state index in [-0.39, 0.29) is 23.7 Å². The summed E-state index contributed by atoms with van der Waals surface area (Å²) >= 11 is 1.25. The molecule has 0 saturated carbocycles. The summed E-state index contributed by atoms with van der Waals surface area (Å²) < 4.78 is 13.1. The zero-order chi connectivity index (χ0) is 21.8. The summed E-state index contributed by atoms with van der Waals surface area (Å²) in [5.41, 5.74) is 2.36. The van der Waals surface area contributed by atoms with Gasteiger partial charge in [-0.2, -0.15) is 0 Å². The molecule has 1 fully saturated rings. The SMILES string of the molecule is Cc1ccc(NC(=O)c2nnc([C@@H]3CCCN(C(=O)Nc4ccc(F)cc4)C3)s2)cc1. The number of benzene rings is 2. The Hall–Kier alpha value is -3.33. The molecule has 0 unspecified atom stereocenters. The number of nitrogens with one attached hydrogen (secondary N) is 2. The summed E-state index contributed by atoms with van der Waals surface area (Å²) in [4.78, 5) is 26.8. The maximum Gasteiger partial charge on any atom is 0.321 e. The summed E-state index contributed by atoms with van der Waals surface area (Å²) in [6.45, 7) is 3.10. The minimum absolute atomic E-state index is 0.0196. The molecular formula is C22H22FN5O2S. The lowest BCUT2D eigenvalue weighted by atomic mass is 9.99. The summed E-state index contributed by atoms with van der Waals surface area (Å²) in [6, 6.07) is 13.0. The molecule has 4 rings (SSSR count). The number of carbonyl (C=O) groups excluding carboxylic acids is 2. The highest BCUT2D eigenvalue weighted by molar-refractivity contribution is 7.13. The number of rotatable bonds is 4. The number of hydrogen-bond acceptors (Lipinski definition) is 5. The van der Waals surface area contributed by atoms with Crippen molar-refractivity contribution in [2.45, 2.75) is 25.7 Å². The van der Waals surface area contributed by atoms with E-state index >= 15 is 0 Å². The molecule has 2 heterocycles. The van der Waals surface area contributed by atoms with Crippen molar-refractivity contribution < 1.29 is 14.0 Å². The van der Waals surface area contributed by atoms with Crippen LogP contribution in [0.2, 0.25) is 0 Å². The van der Waals surface area contributed by atoms with Crippen LogP contribution in [0.15, 0.2) is 48.5 Å². The molecule has 31 heavy (non-hydrogen) atoms. The zero-order valence-corrected chi connectivity index (χ0v) is 17.8. The van der Waals surface area contributed by atoms with E-state index in [0.29, 0.717) is 29.5 Å². The third kappa shape index (κ3) is 5.24. The van der Waals surface area contributed by atoms with Crippen LogP contribution in [0.4, 0.5) is 20.6 Å². The number of likely N-dealkylation sites (tertiary alicyclic amines) is 1. The molecule has 1 saturated heterocycles. The van der Waals surface area contributed by atoms with Gasteiger partial charge in [-0.15, -0.1) is 10.2 Å². The van der Waals surface area contributed by atoms with Crippen LogP contribution in [0.25, 0.3) is 0 Å². The number of aromatic nitrogens is 2. The average molecular weight is 440 g/mol. The van der Waals surface area contributed by atoms with Gasteiger partial charge in [-0.1, -0.05) is 29.0 Å². The lowest BCUT2D eigenvalue weighted by molar-refractivity contribution is 0.102. The topological polar surface area (TPSA) is 87.2 Å². The Morgan fingerprint density at radius 1 is 1.03 bits per heavy atom. The minimum Gasteiger partial charge on any atom is -0.324 e. The predicted molar refractivity (Wildman–Crippen MR) is 118 cm³/mol. The van der Waals surface area contributed by atoms with Gasteiger partial charge in [0.1, 0.15) is 10.8 Å². The summed E-state index contributed by atoms with van der Waals surface area (Å²) in [5, 5.41) is 14.9. The highest BCUT2D eigenvalue weighted by atomic mass is 32.1. The van der Waals surface area contributed by atoms with Crippen LogP contribution in [-0.4, -0.2) is 40.1 Å². The molecule has 0 radical (unpaired) electrons. The number of nitrogens with zero attached hydrogens (tertiary/aromatic N) is 3. The molecule has 1 atom stereocenters. The Bertz CT molecular complexity index is 1070. The van der Waals surface area contributed by atoms with Gasteiger partial charge >= 0.3 is 6.03 Å². The Morgan fingerprint density at radius 3 is 2.45 bits per heavy atom. The molecule has 3 amide bonds. The van der Waals surface area contributed by atoms with Crippen LogP contribution in [0.5, 0.6) is 0 Å². The third-order valence-electron chi connectivity index (χ3n) is 5.10. The van der Waals surface area contributed by atoms with Crippen LogP contribution >= 0.6 is 11.3 Å². The summed E-state index contributed by atoms with van der Waals surface area (Å²) in [6.07, 6.45) is 1.69. The summed E-state index contributed by atoms with van der Waals surface area (Å²) in [5.74, 6) is -0.630. The van der Waals surface area contributed by atoms with Gasteiger partial charge in [0.25, 0.3) is 5.91 Å². The first-order chi connectivity index (χ1) is 15.0. The quantitative estimate of drug-likeness (QED) is 0.620. The van der Waals surface area contributed by atoms with E-state index in [9.17, 15) is 14.0 Å². The number of halogens is 1. The van der Waals surface area contributed by atoms with Crippen molar-refractivity contribution in [1.82, 2.24) is 15.1 Å². The first-order valence-corrected chi connectivity index (χ1v) is 10.8. The molecule has 7 nitrogen and oxygen atoms in total. The van der Waals surface area contributed by atoms with Crippen molar-refractivity contribution in [3.8, 4) is 0 Å². The van der Waals surface area contributed by atoms with Gasteiger partial charge in [0.2, 0.25) is 5.01 Å². The van der Waals surface area contributed by atoms with Gasteiger partial charge in [-0.3, -0.25) is 4.79 Å². The van der Waals surface area contributed by atoms with E-state index in [1.165, 1.54) is 35.6 Å². The van der Waals surface area contributed by atoms with Gasteiger partial charge in [-0.05, 0) is 56.2 Å². The molecular weight excluding hydrogens is 417 g/mol. The van der Waals surface area contributed by atoms with E-state index in [0.717, 1.165) is 23.4 Å². The molecule has 160 valence electrons. The monoisotopic (exact) mass is 439 g/mol. The Kier molecular flexibility index (Phi) is 6.22. The molecule has 1 aliphatic heterocycles. The average Bonchev–Trinajstić information content (AvgIpc) is 3.28. The highest BCUT2D eigenvalue weighted by Gasteiger charge is 2.28. The van der Waals surface area contributed by atoms with Gasteiger partial charge in [-0.25, -0.2) is 9.18 Å². The fraction of sp³-hybridized carbons (Fsp3) is 0.273. The van der Waals surface area contributed by atoms with E-state index in [2.05, 4.69) is 20.8 Å². The van der Waals surface area contributed by atoms with Gasteiger partial charge in [0.05, 0.1) is 0 Å². The van der Waals surface area contributed by atoms with E-state index in [1.54, 1.807) is 4.90 Å². The largest absolute Gasteiger partial charge is 0.324 e. The van der Waals surface area contributed by atoms with Gasteiger partial charge < -0.3 is 15.5 Å². The second kappa shape index (κ2) is 9.22. The maximum absolute atomic E-state index is 13.1. The van der Waals surface area contributed by atoms with Crippen LogP contribution in [0.1, 0.15) is 39.1 Å². The first kappa shape index (κ1) is 20.9. The molecule has 2 N–H and O–H groups in total. The number of piperidine rings is 1. The lowest BCUT2D eigenvalue weighted by Crippen LogP contribution is -2.41. The minimum atomic E-state index is -0.352. The molecule has 2 aromatic carbocycles. The molecule has 1 aliphatic rings. The number of amides is 3. The number of hydrogen-bond donors (Lipinski definition) is 2. The Balaban J connectivity index is 1.37. The van der Waals surface area contributed by atoms with Crippen molar-refractivity contribution >= 4 is 34.6 Å². The maximum atomic E-state index is 13.1. The van der Waals surface area contributed by atoms with Gasteiger partial charge in [0.15, 0.2) is 0 Å². The van der Waals surface area contributed by atoms with Crippen molar-refractivity contribution in [2.24, 2.45) is 0 Å². The smallest absolute Gasteiger partial charge is 0.321 e. The van der Waals surface area contributed by atoms with E-state index in [4.69, 9.17) is 0 Å². The van der Waals surface area contributed by atoms with Crippen molar-refractivity contribution in [1.29, 1.82) is 0 Å². The molecule has 9 heteroatoms. The number of anilines is 2. The number of urea groups is 1. The van der Waals surface area contributed by atoms with Crippen LogP contribution in [-0.2, 0) is 0 Å². The third-order valence-corrected chi connectivity index (χ3v) is 6.18. The number of carbonyl (C=O) groups is 2. The van der Waals surface area contributed by atoms with E-state index in [1.807, 2.05) is 31.2 Å². The van der Waals surface area contributed by atoms with Crippen LogP contribution in [0.3, 0.4) is 0 Å². The molecule has 0 bridgehead atoms. The molecule has 0 aliphatic carbocycles. The molecule has 1 aromatic heterocycles. The predicted octanol–water partition coefficient (Wildman–Crippen LogP) is 4.65. The highest BCUT2D eigenvalue weighted by Crippen LogP contribution is 2.29. The van der Waals surface area contributed by atoms with Crippen molar-refractivity contribution in [3.63, 3.8) is 0 Å². The second-order valence-electron chi connectivity index (χ2n) is 7.49. The second-order valence-corrected chi connectivity index (χ2v) is 8.50. The molecule has 0 spiro atoms. The standard InChI is InChI=1S/C22H22FN5O2S/c1-14-4-8-17(9-5-14)24-19(29)21-27-26-20(31-21)15-3-2-12-28(13-15)22(30)25-18-10-6-16(23)7-11-18/h4-11,15H,2-3,12-13H2,1H3,(H,24,29)(H,25,30)/t15-/m1/s1. The normalized spacial score (nSPS) is 16.1. The Labute approximate surface area is 183 Å². The van der Waals surface area contributed by atoms with Crippen LogP contribution < -0.4 is 10.6 Å². The fourth-order valence-corrected chi connectivity index (χ4v) is 4.28.